The number of hydrogen-bond acceptors (Lipinski definition) is 6. The number of carbonyl (C=O) groups excluding carboxylic acids is 1. The van der Waals surface area contributed by atoms with Gasteiger partial charge in [-0.2, -0.15) is 0 Å². The van der Waals surface area contributed by atoms with Gasteiger partial charge in [0.1, 0.15) is 5.70 Å². The summed E-state index contributed by atoms with van der Waals surface area (Å²) in [7, 11) is 0. The molecule has 4 aliphatic rings. The predicted octanol–water partition coefficient (Wildman–Crippen LogP) is 0.553. The van der Waals surface area contributed by atoms with E-state index in [0.29, 0.717) is 11.2 Å². The van der Waals surface area contributed by atoms with Gasteiger partial charge in [-0.25, -0.2) is 4.79 Å². The number of nitrogens with two attached hydrogens (primary N) is 1. The summed E-state index contributed by atoms with van der Waals surface area (Å²) in [4.78, 5) is 30.9. The third kappa shape index (κ3) is 4.05. The number of rotatable bonds is 7. The Bertz CT molecular complexity index is 789. The molecular formula is C21H33N5O4S. The van der Waals surface area contributed by atoms with Crippen LogP contribution in [0.15, 0.2) is 10.6 Å². The number of aliphatic hydroxyl groups is 1. The van der Waals surface area contributed by atoms with Crippen LogP contribution < -0.4 is 5.73 Å². The molecule has 5 N–H and O–H groups in total. The van der Waals surface area contributed by atoms with E-state index >= 15 is 0 Å². The van der Waals surface area contributed by atoms with Crippen molar-refractivity contribution in [3.63, 3.8) is 0 Å². The molecular weight excluding hydrogens is 418 g/mol. The average molecular weight is 452 g/mol. The minimum atomic E-state index is -1.05. The van der Waals surface area contributed by atoms with E-state index in [0.717, 1.165) is 56.9 Å². The summed E-state index contributed by atoms with van der Waals surface area (Å²) < 4.78 is 0. The van der Waals surface area contributed by atoms with E-state index in [1.54, 1.807) is 18.7 Å². The second kappa shape index (κ2) is 8.63. The van der Waals surface area contributed by atoms with Crippen LogP contribution in [0.3, 0.4) is 0 Å². The number of aliphatic carboxylic acids is 1. The van der Waals surface area contributed by atoms with Gasteiger partial charge in [0.25, 0.3) is 0 Å². The number of likely N-dealkylation sites (tertiary alicyclic amines) is 2. The van der Waals surface area contributed by atoms with E-state index in [4.69, 9.17) is 11.1 Å². The molecule has 3 fully saturated rings. The first kappa shape index (κ1) is 22.4. The number of fused-ring (bicyclic) bond motifs is 1. The lowest BCUT2D eigenvalue weighted by Crippen LogP contribution is -2.63. The molecule has 10 heteroatoms. The number of carboxylic acid groups (broad SMARTS) is 1. The van der Waals surface area contributed by atoms with Gasteiger partial charge >= 0.3 is 5.97 Å². The number of guanidine groups is 1. The summed E-state index contributed by atoms with van der Waals surface area (Å²) in [6.07, 6.45) is 2.53. The van der Waals surface area contributed by atoms with Crippen molar-refractivity contribution < 1.29 is 19.8 Å². The Morgan fingerprint density at radius 3 is 2.52 bits per heavy atom. The molecule has 0 unspecified atom stereocenters. The maximum absolute atomic E-state index is 12.4. The summed E-state index contributed by atoms with van der Waals surface area (Å²) in [6.45, 7) is 8.21. The van der Waals surface area contributed by atoms with Crippen molar-refractivity contribution in [2.24, 2.45) is 23.5 Å². The Kier molecular flexibility index (Phi) is 6.24. The molecule has 1 amide bonds. The zero-order chi connectivity index (χ0) is 22.4. The number of nitrogens with one attached hydrogen (secondary N) is 1. The van der Waals surface area contributed by atoms with Crippen molar-refractivity contribution in [1.29, 1.82) is 5.41 Å². The molecule has 172 valence electrons. The van der Waals surface area contributed by atoms with E-state index in [9.17, 15) is 19.8 Å². The third-order valence-electron chi connectivity index (χ3n) is 7.34. The van der Waals surface area contributed by atoms with Crippen LogP contribution in [0.2, 0.25) is 0 Å². The van der Waals surface area contributed by atoms with Crippen molar-refractivity contribution in [3.05, 3.63) is 10.6 Å². The molecule has 0 aromatic rings. The standard InChI is InChI=1S/C21H33N5O4S/c1-11-16-15(12(2)27)19(28)26(16)17(20(29)30)18(11)31-14-9-24(10-14)6-3-13-4-7-25(8-5-13)21(22)23/h11-16,27H,3-10H2,1-2H3,(H3,22,23)(H,29,30)/t11-,12-,15-,16-/m1/s1. The highest BCUT2D eigenvalue weighted by molar-refractivity contribution is 8.03. The van der Waals surface area contributed by atoms with Crippen molar-refractivity contribution >= 4 is 29.6 Å². The minimum absolute atomic E-state index is 0.0612. The number of aliphatic hydroxyl groups excluding tert-OH is 1. The molecule has 0 bridgehead atoms. The third-order valence-corrected chi connectivity index (χ3v) is 8.79. The number of hydrogen-bond donors (Lipinski definition) is 4. The molecule has 4 aliphatic heterocycles. The zero-order valence-corrected chi connectivity index (χ0v) is 19.0. The van der Waals surface area contributed by atoms with Crippen LogP contribution in [-0.2, 0) is 9.59 Å². The molecule has 0 aromatic carbocycles. The number of carboxylic acids is 1. The molecule has 4 atom stereocenters. The van der Waals surface area contributed by atoms with Gasteiger partial charge in [-0.1, -0.05) is 6.92 Å². The predicted molar refractivity (Wildman–Crippen MR) is 118 cm³/mol. The van der Waals surface area contributed by atoms with Crippen LogP contribution in [0, 0.1) is 23.2 Å². The van der Waals surface area contributed by atoms with Crippen LogP contribution in [0.5, 0.6) is 0 Å². The van der Waals surface area contributed by atoms with Crippen LogP contribution in [-0.4, -0.2) is 92.9 Å². The second-order valence-electron chi connectivity index (χ2n) is 9.38. The van der Waals surface area contributed by atoms with Crippen LogP contribution in [0.25, 0.3) is 0 Å². The van der Waals surface area contributed by atoms with Crippen LogP contribution >= 0.6 is 11.8 Å². The Labute approximate surface area is 187 Å². The topological polar surface area (TPSA) is 134 Å². The average Bonchev–Trinajstić information content (AvgIpc) is 2.92. The summed E-state index contributed by atoms with van der Waals surface area (Å²) in [6, 6.07) is -0.238. The molecule has 4 rings (SSSR count). The molecule has 9 nitrogen and oxygen atoms in total. The smallest absolute Gasteiger partial charge is 0.353 e. The summed E-state index contributed by atoms with van der Waals surface area (Å²) in [5, 5.41) is 27.6. The number of thioether (sulfide) groups is 1. The van der Waals surface area contributed by atoms with E-state index in [2.05, 4.69) is 4.90 Å². The number of amides is 1. The normalized spacial score (nSPS) is 30.8. The van der Waals surface area contributed by atoms with Gasteiger partial charge in [0, 0.05) is 42.3 Å². The summed E-state index contributed by atoms with van der Waals surface area (Å²) >= 11 is 1.61. The van der Waals surface area contributed by atoms with Crippen molar-refractivity contribution in [1.82, 2.24) is 14.7 Å². The Morgan fingerprint density at radius 1 is 1.32 bits per heavy atom. The quantitative estimate of drug-likeness (QED) is 0.251. The zero-order valence-electron chi connectivity index (χ0n) is 18.2. The number of nitrogens with zero attached hydrogens (tertiary/aromatic N) is 3. The monoisotopic (exact) mass is 451 g/mol. The highest BCUT2D eigenvalue weighted by Crippen LogP contribution is 2.51. The Hall–Kier alpha value is -1.78. The molecule has 0 aliphatic carbocycles. The molecule has 0 saturated carbocycles. The first-order chi connectivity index (χ1) is 14.7. The van der Waals surface area contributed by atoms with E-state index < -0.39 is 18.0 Å². The SMILES string of the molecule is C[C@@H](O)[C@H]1C(=O)N2C(C(=O)O)=C(SC3CN(CCC4CCN(C(=N)N)CC4)C3)[C@H](C)[C@H]12. The van der Waals surface area contributed by atoms with Gasteiger partial charge in [0.05, 0.1) is 18.1 Å². The maximum atomic E-state index is 12.4. The fraction of sp³-hybridized carbons (Fsp3) is 0.762. The number of carbonyl (C=O) groups is 2. The lowest BCUT2D eigenvalue weighted by atomic mass is 9.79. The minimum Gasteiger partial charge on any atom is -0.477 e. The Balaban J connectivity index is 1.27. The fourth-order valence-electron chi connectivity index (χ4n) is 5.47. The largest absolute Gasteiger partial charge is 0.477 e. The van der Waals surface area contributed by atoms with E-state index in [-0.39, 0.29) is 29.5 Å². The molecule has 4 heterocycles. The first-order valence-electron chi connectivity index (χ1n) is 11.2. The molecule has 0 aromatic heterocycles. The highest BCUT2D eigenvalue weighted by Gasteiger charge is 2.60. The number of β-lactam (4-membered cyclic amide) rings is 1. The van der Waals surface area contributed by atoms with Crippen molar-refractivity contribution in [2.45, 2.75) is 50.5 Å². The van der Waals surface area contributed by atoms with Gasteiger partial charge in [0.15, 0.2) is 5.96 Å². The van der Waals surface area contributed by atoms with Crippen LogP contribution in [0.1, 0.15) is 33.1 Å². The summed E-state index contributed by atoms with van der Waals surface area (Å²) in [5.74, 6) is -1.05. The lowest BCUT2D eigenvalue weighted by Gasteiger charge is -2.46. The van der Waals surface area contributed by atoms with Crippen LogP contribution in [0.4, 0.5) is 0 Å². The second-order valence-corrected chi connectivity index (χ2v) is 10.7. The highest BCUT2D eigenvalue weighted by atomic mass is 32.2. The molecule has 31 heavy (non-hydrogen) atoms. The molecule has 0 spiro atoms. The summed E-state index contributed by atoms with van der Waals surface area (Å²) in [5.41, 5.74) is 5.69. The van der Waals surface area contributed by atoms with E-state index in [1.165, 1.54) is 4.90 Å². The van der Waals surface area contributed by atoms with Gasteiger partial charge in [-0.05, 0) is 38.6 Å². The molecule has 3 saturated heterocycles. The lowest BCUT2D eigenvalue weighted by molar-refractivity contribution is -0.163. The number of piperidine rings is 1. The van der Waals surface area contributed by atoms with Crippen molar-refractivity contribution in [3.8, 4) is 0 Å². The Morgan fingerprint density at radius 2 is 1.97 bits per heavy atom. The van der Waals surface area contributed by atoms with Gasteiger partial charge < -0.3 is 30.6 Å². The van der Waals surface area contributed by atoms with Gasteiger partial charge in [-0.15, -0.1) is 11.8 Å². The van der Waals surface area contributed by atoms with E-state index in [1.807, 2.05) is 11.8 Å². The fourth-order valence-corrected chi connectivity index (χ4v) is 7.05. The first-order valence-corrected chi connectivity index (χ1v) is 12.0. The maximum Gasteiger partial charge on any atom is 0.353 e. The van der Waals surface area contributed by atoms with Crippen molar-refractivity contribution in [2.75, 3.05) is 32.7 Å². The van der Waals surface area contributed by atoms with Gasteiger partial charge in [-0.3, -0.25) is 10.2 Å². The van der Waals surface area contributed by atoms with Gasteiger partial charge in [0.2, 0.25) is 5.91 Å². The molecule has 0 radical (unpaired) electrons.